The molecule has 1 aromatic heterocycles. The standard InChI is InChI=1S/C12H8F3N3O4/c1-22-11(19)9-6-10(12(13,14)15)16-17(9)7-2-4-8(5-3-7)18(20)21/h2-6H,1H3. The molecule has 0 saturated carbocycles. The summed E-state index contributed by atoms with van der Waals surface area (Å²) in [6.07, 6.45) is -4.74. The summed E-state index contributed by atoms with van der Waals surface area (Å²) in [7, 11) is 1.02. The van der Waals surface area contributed by atoms with Gasteiger partial charge in [0, 0.05) is 18.2 Å². The lowest BCUT2D eigenvalue weighted by molar-refractivity contribution is -0.384. The van der Waals surface area contributed by atoms with Crippen LogP contribution in [-0.2, 0) is 10.9 Å². The van der Waals surface area contributed by atoms with Crippen LogP contribution in [0.5, 0.6) is 0 Å². The number of benzene rings is 1. The summed E-state index contributed by atoms with van der Waals surface area (Å²) in [6, 6.07) is 5.08. The molecule has 0 radical (unpaired) electrons. The van der Waals surface area contributed by atoms with Gasteiger partial charge in [0.2, 0.25) is 0 Å². The third-order valence-electron chi connectivity index (χ3n) is 2.70. The first-order valence-electron chi connectivity index (χ1n) is 5.74. The topological polar surface area (TPSA) is 87.3 Å². The Balaban J connectivity index is 2.55. The third-order valence-corrected chi connectivity index (χ3v) is 2.70. The minimum absolute atomic E-state index is 0.0569. The van der Waals surface area contributed by atoms with E-state index in [9.17, 15) is 28.1 Å². The number of nitrogens with zero attached hydrogens (tertiary/aromatic N) is 3. The summed E-state index contributed by atoms with van der Waals surface area (Å²) < 4.78 is 43.3. The maximum absolute atomic E-state index is 12.7. The number of carbonyl (C=O) groups is 1. The number of hydrogen-bond acceptors (Lipinski definition) is 5. The fourth-order valence-electron chi connectivity index (χ4n) is 1.68. The van der Waals surface area contributed by atoms with E-state index in [2.05, 4.69) is 9.84 Å². The van der Waals surface area contributed by atoms with Crippen LogP contribution in [0.3, 0.4) is 0 Å². The number of methoxy groups -OCH3 is 1. The molecular formula is C12H8F3N3O4. The van der Waals surface area contributed by atoms with Crippen molar-refractivity contribution in [1.29, 1.82) is 0 Å². The molecule has 116 valence electrons. The van der Waals surface area contributed by atoms with Crippen molar-refractivity contribution in [3.8, 4) is 5.69 Å². The first-order chi connectivity index (χ1) is 10.2. The zero-order valence-electron chi connectivity index (χ0n) is 11.0. The maximum atomic E-state index is 12.7. The lowest BCUT2D eigenvalue weighted by Gasteiger charge is -2.05. The second-order valence-corrected chi connectivity index (χ2v) is 4.09. The van der Waals surface area contributed by atoms with Gasteiger partial charge in [-0.25, -0.2) is 9.48 Å². The quantitative estimate of drug-likeness (QED) is 0.493. The lowest BCUT2D eigenvalue weighted by Crippen LogP contribution is -2.10. The van der Waals surface area contributed by atoms with E-state index >= 15 is 0 Å². The van der Waals surface area contributed by atoms with E-state index in [1.165, 1.54) is 12.1 Å². The number of nitro groups is 1. The molecule has 10 heteroatoms. The Labute approximate surface area is 121 Å². The number of hydrogen-bond donors (Lipinski definition) is 0. The van der Waals surface area contributed by atoms with Gasteiger partial charge in [-0.05, 0) is 12.1 Å². The van der Waals surface area contributed by atoms with E-state index in [-0.39, 0.29) is 11.4 Å². The Bertz CT molecular complexity index is 722. The molecule has 2 rings (SSSR count). The molecule has 0 bridgehead atoms. The van der Waals surface area contributed by atoms with E-state index < -0.39 is 28.5 Å². The highest BCUT2D eigenvalue weighted by molar-refractivity contribution is 5.88. The van der Waals surface area contributed by atoms with Crippen LogP contribution in [0.4, 0.5) is 18.9 Å². The highest BCUT2D eigenvalue weighted by atomic mass is 19.4. The molecule has 0 aliphatic rings. The number of esters is 1. The van der Waals surface area contributed by atoms with Gasteiger partial charge in [0.25, 0.3) is 5.69 Å². The highest BCUT2D eigenvalue weighted by Crippen LogP contribution is 2.30. The molecule has 0 fully saturated rings. The van der Waals surface area contributed by atoms with Crippen molar-refractivity contribution in [1.82, 2.24) is 9.78 Å². The number of nitro benzene ring substituents is 1. The van der Waals surface area contributed by atoms with Crippen molar-refractivity contribution in [2.75, 3.05) is 7.11 Å². The van der Waals surface area contributed by atoms with Gasteiger partial charge < -0.3 is 4.74 Å². The highest BCUT2D eigenvalue weighted by Gasteiger charge is 2.36. The van der Waals surface area contributed by atoms with Crippen molar-refractivity contribution < 1.29 is 27.6 Å². The molecule has 0 atom stereocenters. The van der Waals surface area contributed by atoms with Crippen LogP contribution >= 0.6 is 0 Å². The molecule has 22 heavy (non-hydrogen) atoms. The predicted molar refractivity (Wildman–Crippen MR) is 66.6 cm³/mol. The van der Waals surface area contributed by atoms with Crippen molar-refractivity contribution in [2.24, 2.45) is 0 Å². The van der Waals surface area contributed by atoms with Gasteiger partial charge in [-0.3, -0.25) is 10.1 Å². The van der Waals surface area contributed by atoms with Crippen molar-refractivity contribution in [3.63, 3.8) is 0 Å². The summed E-state index contributed by atoms with van der Waals surface area (Å²) in [5.41, 5.74) is -1.90. The van der Waals surface area contributed by atoms with Gasteiger partial charge in [-0.15, -0.1) is 0 Å². The Morgan fingerprint density at radius 1 is 1.32 bits per heavy atom. The van der Waals surface area contributed by atoms with E-state index in [4.69, 9.17) is 0 Å². The number of aromatic nitrogens is 2. The number of halogens is 3. The van der Waals surface area contributed by atoms with Gasteiger partial charge >= 0.3 is 12.1 Å². The number of carbonyl (C=O) groups excluding carboxylic acids is 1. The van der Waals surface area contributed by atoms with Crippen LogP contribution in [0.1, 0.15) is 16.2 Å². The van der Waals surface area contributed by atoms with E-state index in [1.54, 1.807) is 0 Å². The van der Waals surface area contributed by atoms with Gasteiger partial charge in [0.15, 0.2) is 11.4 Å². The maximum Gasteiger partial charge on any atom is 0.435 e. The fourth-order valence-corrected chi connectivity index (χ4v) is 1.68. The van der Waals surface area contributed by atoms with Crippen LogP contribution in [0.25, 0.3) is 5.69 Å². The molecule has 0 N–H and O–H groups in total. The van der Waals surface area contributed by atoms with Crippen molar-refractivity contribution >= 4 is 11.7 Å². The monoisotopic (exact) mass is 315 g/mol. The first kappa shape index (κ1) is 15.5. The number of ether oxygens (including phenoxy) is 1. The average molecular weight is 315 g/mol. The summed E-state index contributed by atoms with van der Waals surface area (Å²) in [5.74, 6) is -1.01. The molecular weight excluding hydrogens is 307 g/mol. The van der Waals surface area contributed by atoms with Crippen LogP contribution < -0.4 is 0 Å². The molecule has 0 aliphatic heterocycles. The first-order valence-corrected chi connectivity index (χ1v) is 5.74. The lowest BCUT2D eigenvalue weighted by atomic mass is 10.2. The van der Waals surface area contributed by atoms with Crippen LogP contribution in [-0.4, -0.2) is 27.8 Å². The van der Waals surface area contributed by atoms with Crippen molar-refractivity contribution in [2.45, 2.75) is 6.18 Å². The molecule has 7 nitrogen and oxygen atoms in total. The SMILES string of the molecule is COC(=O)c1cc(C(F)(F)F)nn1-c1ccc([N+](=O)[O-])cc1. The van der Waals surface area contributed by atoms with E-state index in [0.29, 0.717) is 6.07 Å². The van der Waals surface area contributed by atoms with Gasteiger partial charge in [-0.2, -0.15) is 18.3 Å². The van der Waals surface area contributed by atoms with Gasteiger partial charge in [0.05, 0.1) is 17.7 Å². The van der Waals surface area contributed by atoms with E-state index in [1.807, 2.05) is 0 Å². The summed E-state index contributed by atoms with van der Waals surface area (Å²) in [5, 5.41) is 13.9. The summed E-state index contributed by atoms with van der Waals surface area (Å²) >= 11 is 0. The Morgan fingerprint density at radius 3 is 2.36 bits per heavy atom. The molecule has 0 aliphatic carbocycles. The van der Waals surface area contributed by atoms with Gasteiger partial charge in [0.1, 0.15) is 0 Å². The Kier molecular flexibility index (Phi) is 3.85. The average Bonchev–Trinajstić information content (AvgIpc) is 2.91. The Hall–Kier alpha value is -2.91. The second-order valence-electron chi connectivity index (χ2n) is 4.09. The molecule has 1 heterocycles. The van der Waals surface area contributed by atoms with Crippen LogP contribution in [0.15, 0.2) is 30.3 Å². The molecule has 0 unspecified atom stereocenters. The minimum Gasteiger partial charge on any atom is -0.464 e. The minimum atomic E-state index is -4.74. The fraction of sp³-hybridized carbons (Fsp3) is 0.167. The zero-order valence-corrected chi connectivity index (χ0v) is 11.0. The number of alkyl halides is 3. The normalized spacial score (nSPS) is 11.3. The van der Waals surface area contributed by atoms with Crippen LogP contribution in [0.2, 0.25) is 0 Å². The summed E-state index contributed by atoms with van der Waals surface area (Å²) in [6.45, 7) is 0. The van der Waals surface area contributed by atoms with E-state index in [0.717, 1.165) is 23.9 Å². The number of rotatable bonds is 3. The molecule has 0 amide bonds. The van der Waals surface area contributed by atoms with Crippen molar-refractivity contribution in [3.05, 3.63) is 51.8 Å². The zero-order chi connectivity index (χ0) is 16.5. The smallest absolute Gasteiger partial charge is 0.435 e. The number of non-ortho nitro benzene ring substituents is 1. The Morgan fingerprint density at radius 2 is 1.91 bits per heavy atom. The predicted octanol–water partition coefficient (Wildman–Crippen LogP) is 2.59. The van der Waals surface area contributed by atoms with Crippen LogP contribution in [0, 0.1) is 10.1 Å². The largest absolute Gasteiger partial charge is 0.464 e. The third kappa shape index (κ3) is 2.90. The van der Waals surface area contributed by atoms with Gasteiger partial charge in [-0.1, -0.05) is 0 Å². The second kappa shape index (κ2) is 5.47. The molecule has 1 aromatic carbocycles. The summed E-state index contributed by atoms with van der Waals surface area (Å²) in [4.78, 5) is 21.5. The molecule has 0 spiro atoms. The molecule has 0 saturated heterocycles. The molecule has 2 aromatic rings.